The van der Waals surface area contributed by atoms with Gasteiger partial charge < -0.3 is 14.8 Å². The van der Waals surface area contributed by atoms with Crippen molar-refractivity contribution >= 4 is 57.4 Å². The molecule has 0 bridgehead atoms. The van der Waals surface area contributed by atoms with E-state index < -0.39 is 58.3 Å². The molecule has 1 saturated heterocycles. The smallest absolute Gasteiger partial charge is 0.345 e. The lowest BCUT2D eigenvalue weighted by Gasteiger charge is -2.53. The van der Waals surface area contributed by atoms with Crippen LogP contribution >= 0.6 is 7.26 Å². The molecule has 5 aromatic rings. The summed E-state index contributed by atoms with van der Waals surface area (Å²) in [5, 5.41) is 15.7. The number of fused-ring (bicyclic) bond motifs is 1. The second kappa shape index (κ2) is 15.6. The lowest BCUT2D eigenvalue weighted by molar-refractivity contribution is -0.384. The van der Waals surface area contributed by atoms with E-state index in [9.17, 15) is 28.7 Å². The van der Waals surface area contributed by atoms with Crippen LogP contribution in [0.4, 0.5) is 5.69 Å². The molecule has 7 rings (SSSR count). The first kappa shape index (κ1) is 36.4. The van der Waals surface area contributed by atoms with Crippen molar-refractivity contribution in [3.05, 3.63) is 173 Å². The molecule has 3 atom stereocenters. The van der Waals surface area contributed by atoms with E-state index in [1.807, 2.05) is 54.6 Å². The zero-order chi connectivity index (χ0) is 37.7. The number of non-ortho nitro benzene ring substituents is 1. The van der Waals surface area contributed by atoms with Crippen LogP contribution in [0.25, 0.3) is 0 Å². The maximum Gasteiger partial charge on any atom is 0.345 e. The lowest BCUT2D eigenvalue weighted by atomic mass is 9.87. The number of carbonyl (C=O) groups excluding carboxylic acids is 3. The Kier molecular flexibility index (Phi) is 10.5. The number of rotatable bonds is 13. The van der Waals surface area contributed by atoms with E-state index in [2.05, 4.69) is 41.7 Å². The predicted molar refractivity (Wildman–Crippen MR) is 207 cm³/mol. The fourth-order valence-electron chi connectivity index (χ4n) is 6.92. The molecule has 0 spiro atoms. The topological polar surface area (TPSA) is 145 Å². The molecule has 0 saturated carbocycles. The minimum Gasteiger partial charge on any atom is -0.484 e. The van der Waals surface area contributed by atoms with E-state index in [-0.39, 0.29) is 18.0 Å². The summed E-state index contributed by atoms with van der Waals surface area (Å²) in [6, 6.07) is 44.5. The minimum absolute atomic E-state index is 0.0382. The summed E-state index contributed by atoms with van der Waals surface area (Å²) in [7, 11) is -4.28. The molecule has 11 nitrogen and oxygen atoms in total. The van der Waals surface area contributed by atoms with E-state index in [0.29, 0.717) is 17.5 Å². The molecule has 13 heteroatoms. The van der Waals surface area contributed by atoms with Crippen LogP contribution in [0.1, 0.15) is 5.56 Å². The highest BCUT2D eigenvalue weighted by Crippen LogP contribution is 2.57. The van der Waals surface area contributed by atoms with Crippen molar-refractivity contribution in [2.75, 3.05) is 18.5 Å². The summed E-state index contributed by atoms with van der Waals surface area (Å²) in [6.07, 6.45) is 2.15. The molecule has 0 aromatic heterocycles. The van der Waals surface area contributed by atoms with E-state index in [1.165, 1.54) is 29.2 Å². The van der Waals surface area contributed by atoms with Gasteiger partial charge in [-0.3, -0.25) is 28.8 Å². The first-order valence-corrected chi connectivity index (χ1v) is 20.4. The van der Waals surface area contributed by atoms with Crippen LogP contribution in [0, 0.1) is 10.1 Å². The largest absolute Gasteiger partial charge is 0.484 e. The van der Waals surface area contributed by atoms with Crippen molar-refractivity contribution in [1.82, 2.24) is 10.2 Å². The van der Waals surface area contributed by atoms with Crippen molar-refractivity contribution < 1.29 is 33.0 Å². The van der Waals surface area contributed by atoms with Crippen molar-refractivity contribution in [1.29, 1.82) is 0 Å². The zero-order valence-corrected chi connectivity index (χ0v) is 30.6. The summed E-state index contributed by atoms with van der Waals surface area (Å²) in [5.41, 5.74) is -1.26. The molecule has 1 fully saturated rings. The number of nitro benzene ring substituents is 1. The van der Waals surface area contributed by atoms with Gasteiger partial charge in [-0.05, 0) is 71.8 Å². The molecule has 2 aliphatic heterocycles. The Morgan fingerprint density at radius 2 is 1.33 bits per heavy atom. The van der Waals surface area contributed by atoms with Gasteiger partial charge in [0.05, 0.1) is 27.6 Å². The third kappa shape index (κ3) is 6.93. The first-order chi connectivity index (χ1) is 26.2. The minimum atomic E-state index is -2.42. The van der Waals surface area contributed by atoms with E-state index in [4.69, 9.17) is 9.47 Å². The lowest BCUT2D eigenvalue weighted by Crippen LogP contribution is -2.84. The Balaban J connectivity index is 1.22. The van der Waals surface area contributed by atoms with Gasteiger partial charge in [0, 0.05) is 18.3 Å². The van der Waals surface area contributed by atoms with Gasteiger partial charge >= 0.3 is 5.97 Å². The third-order valence-corrected chi connectivity index (χ3v) is 15.6. The van der Waals surface area contributed by atoms with Crippen molar-refractivity contribution in [2.45, 2.75) is 17.5 Å². The predicted octanol–water partition coefficient (Wildman–Crippen LogP) is 4.38. The molecular weight excluding hydrogens is 726 g/mol. The third-order valence-electron chi connectivity index (χ3n) is 9.41. The van der Waals surface area contributed by atoms with Crippen LogP contribution in [-0.2, 0) is 36.5 Å². The Labute approximate surface area is 314 Å². The summed E-state index contributed by atoms with van der Waals surface area (Å²) in [4.78, 5) is 53.5. The monoisotopic (exact) mass is 760 g/mol. The number of amides is 2. The number of benzene rings is 5. The van der Waals surface area contributed by atoms with Crippen LogP contribution in [-0.4, -0.2) is 61.3 Å². The number of esters is 1. The summed E-state index contributed by atoms with van der Waals surface area (Å²) >= 11 is 0. The number of para-hydroxylation sites is 1. The second-order valence-electron chi connectivity index (χ2n) is 12.8. The number of nitro groups is 1. The number of hydrogen-bond acceptors (Lipinski definition) is 8. The molecule has 2 amide bonds. The molecule has 0 unspecified atom stereocenters. The molecule has 0 radical (unpaired) electrons. The van der Waals surface area contributed by atoms with E-state index in [0.717, 1.165) is 21.5 Å². The summed E-state index contributed by atoms with van der Waals surface area (Å²) in [6.45, 7) is -0.867. The number of nitrogens with zero attached hydrogens (tertiary/aromatic N) is 2. The maximum absolute atomic E-state index is 14.4. The highest BCUT2D eigenvalue weighted by Gasteiger charge is 2.71. The molecule has 1 N–H and O–H groups in total. The van der Waals surface area contributed by atoms with Gasteiger partial charge in [0.25, 0.3) is 23.0 Å². The van der Waals surface area contributed by atoms with Gasteiger partial charge in [-0.15, -0.1) is 0 Å². The van der Waals surface area contributed by atoms with Gasteiger partial charge in [-0.25, -0.2) is 4.79 Å². The highest BCUT2D eigenvalue weighted by atomic mass is 32.2. The fourth-order valence-corrected chi connectivity index (χ4v) is 13.1. The average molecular weight is 761 g/mol. The van der Waals surface area contributed by atoms with Crippen LogP contribution in [0.15, 0.2) is 157 Å². The van der Waals surface area contributed by atoms with Crippen molar-refractivity contribution in [3.8, 4) is 5.75 Å². The van der Waals surface area contributed by atoms with Gasteiger partial charge in [-0.2, -0.15) is 0 Å². The normalized spacial score (nSPS) is 19.1. The first-order valence-electron chi connectivity index (χ1n) is 17.1. The number of hydrogen-bond donors (Lipinski definition) is 1. The number of nitrogens with one attached hydrogen (secondary N) is 1. The molecule has 5 aromatic carbocycles. The molecular formula is C41H35N3O8PS+. The Hall–Kier alpha value is -5.97. The van der Waals surface area contributed by atoms with Crippen LogP contribution in [0.5, 0.6) is 5.75 Å². The van der Waals surface area contributed by atoms with Gasteiger partial charge in [0.1, 0.15) is 35.5 Å². The Bertz CT molecular complexity index is 2130. The highest BCUT2D eigenvalue weighted by molar-refractivity contribution is 7.96. The summed E-state index contributed by atoms with van der Waals surface area (Å²) in [5.74, 6) is -2.22. The average Bonchev–Trinajstić information content (AvgIpc) is 3.21. The van der Waals surface area contributed by atoms with E-state index >= 15 is 0 Å². The Morgan fingerprint density at radius 3 is 1.85 bits per heavy atom. The number of ether oxygens (including phenoxy) is 2. The van der Waals surface area contributed by atoms with Gasteiger partial charge in [-0.1, -0.05) is 72.8 Å². The maximum atomic E-state index is 14.4. The van der Waals surface area contributed by atoms with Crippen LogP contribution < -0.4 is 26.0 Å². The number of carbonyl (C=O) groups is 3. The number of β-lactam (4-membered cyclic amide) rings is 1. The molecule has 2 heterocycles. The Morgan fingerprint density at radius 1 is 0.815 bits per heavy atom. The van der Waals surface area contributed by atoms with Gasteiger partial charge in [0.2, 0.25) is 0 Å². The SMILES string of the molecule is O=C(COc1ccccc1)N[C@@]1(C(=O)OCc2ccc([N+](=O)[O-])cc2)C(=O)N2C=C(C[P+](c3ccccc3)(c3ccccc3)c3ccccc3)C[S@](=O)[C@@H]21. The van der Waals surface area contributed by atoms with Crippen molar-refractivity contribution in [2.24, 2.45) is 0 Å². The van der Waals surface area contributed by atoms with Gasteiger partial charge in [0.15, 0.2) is 12.0 Å². The van der Waals surface area contributed by atoms with Crippen LogP contribution in [0.3, 0.4) is 0 Å². The van der Waals surface area contributed by atoms with Crippen molar-refractivity contribution in [3.63, 3.8) is 0 Å². The zero-order valence-electron chi connectivity index (χ0n) is 28.9. The second-order valence-corrected chi connectivity index (χ2v) is 17.8. The molecule has 0 aliphatic carbocycles. The molecule has 2 aliphatic rings. The molecule has 272 valence electrons. The van der Waals surface area contributed by atoms with E-state index in [1.54, 1.807) is 36.5 Å². The molecule has 54 heavy (non-hydrogen) atoms. The standard InChI is InChI=1S/C41H34N3O8PS/c45-37(27-51-33-13-5-1-6-14-33)42-41(40(47)52-26-30-21-23-32(24-22-30)44(48)49)38(46)43-25-31(29-54(50)39(41)43)28-53(34-15-7-2-8-16-34,35-17-9-3-10-18-35)36-19-11-4-12-20-36/h1-25,39H,26-29H2/p+1/t39-,41+,54+/m1/s1. The quantitative estimate of drug-likeness (QED) is 0.0465. The fraction of sp³-hybridized carbons (Fsp3) is 0.146. The summed E-state index contributed by atoms with van der Waals surface area (Å²) < 4.78 is 25.6. The van der Waals surface area contributed by atoms with Crippen LogP contribution in [0.2, 0.25) is 0 Å².